The lowest BCUT2D eigenvalue weighted by Crippen LogP contribution is -2.28. The fraction of sp³-hybridized carbons (Fsp3) is 0.231. The number of ether oxygens (including phenoxy) is 4. The van der Waals surface area contributed by atoms with Gasteiger partial charge in [0.25, 0.3) is 0 Å². The van der Waals surface area contributed by atoms with Gasteiger partial charge in [-0.2, -0.15) is 0 Å². The van der Waals surface area contributed by atoms with Gasteiger partial charge in [-0.3, -0.25) is 9.69 Å². The number of methoxy groups -OCH3 is 4. The Hall–Kier alpha value is -3.78. The summed E-state index contributed by atoms with van der Waals surface area (Å²) < 4.78 is 23.1. The molecule has 1 amide bonds. The topological polar surface area (TPSA) is 70.1 Å². The Kier molecular flexibility index (Phi) is 6.88. The third kappa shape index (κ3) is 4.36. The number of carbonyl (C=O) groups excluding carboxylic acids is 1. The Morgan fingerprint density at radius 1 is 0.882 bits per heavy atom. The molecule has 0 N–H and O–H groups in total. The number of para-hydroxylation sites is 1. The summed E-state index contributed by atoms with van der Waals surface area (Å²) >= 11 is 1.45. The van der Waals surface area contributed by atoms with Crippen molar-refractivity contribution < 1.29 is 23.7 Å². The van der Waals surface area contributed by atoms with E-state index in [1.807, 2.05) is 55.5 Å². The van der Waals surface area contributed by atoms with Crippen LogP contribution in [-0.2, 0) is 11.2 Å². The highest BCUT2D eigenvalue weighted by atomic mass is 32.1. The van der Waals surface area contributed by atoms with Gasteiger partial charge in [-0.05, 0) is 42.8 Å². The number of hydrogen-bond donors (Lipinski definition) is 0. The van der Waals surface area contributed by atoms with Crippen LogP contribution in [-0.4, -0.2) is 39.3 Å². The maximum atomic E-state index is 13.9. The van der Waals surface area contributed by atoms with Crippen molar-refractivity contribution in [2.45, 2.75) is 13.3 Å². The zero-order valence-electron chi connectivity index (χ0n) is 19.7. The molecule has 0 saturated heterocycles. The van der Waals surface area contributed by atoms with E-state index in [4.69, 9.17) is 23.9 Å². The van der Waals surface area contributed by atoms with E-state index >= 15 is 0 Å². The van der Waals surface area contributed by atoms with Crippen LogP contribution in [0.25, 0.3) is 10.2 Å². The van der Waals surface area contributed by atoms with Crippen molar-refractivity contribution in [1.82, 2.24) is 4.98 Å². The SMILES string of the molecule is COc1ccc(C)cc1N(C(=O)Cc1ccc(OC)c(OC)c1OC)c1nc2ccccc2s1. The van der Waals surface area contributed by atoms with Crippen LogP contribution < -0.4 is 23.8 Å². The minimum atomic E-state index is -0.187. The highest BCUT2D eigenvalue weighted by Crippen LogP contribution is 2.42. The maximum absolute atomic E-state index is 13.9. The second-order valence-corrected chi connectivity index (χ2v) is 8.55. The van der Waals surface area contributed by atoms with Gasteiger partial charge in [0.2, 0.25) is 11.7 Å². The van der Waals surface area contributed by atoms with E-state index in [0.29, 0.717) is 39.4 Å². The van der Waals surface area contributed by atoms with Gasteiger partial charge >= 0.3 is 0 Å². The molecule has 0 radical (unpaired) electrons. The molecule has 4 rings (SSSR count). The van der Waals surface area contributed by atoms with E-state index in [1.54, 1.807) is 32.3 Å². The zero-order chi connectivity index (χ0) is 24.2. The second kappa shape index (κ2) is 10.0. The molecule has 0 unspecified atom stereocenters. The summed E-state index contributed by atoms with van der Waals surface area (Å²) in [5.41, 5.74) is 3.13. The lowest BCUT2D eigenvalue weighted by Gasteiger charge is -2.23. The standard InChI is InChI=1S/C26H26N2O5S/c1-16-10-12-20(30-2)19(14-16)28(26-27-18-8-6-7-9-22(18)34-26)23(29)15-17-11-13-21(31-3)25(33-5)24(17)32-4/h6-14H,15H2,1-5H3. The average Bonchev–Trinajstić information content (AvgIpc) is 3.27. The molecule has 0 aliphatic carbocycles. The molecule has 7 nitrogen and oxygen atoms in total. The molecule has 0 aliphatic rings. The lowest BCUT2D eigenvalue weighted by molar-refractivity contribution is -0.117. The zero-order valence-corrected chi connectivity index (χ0v) is 20.6. The Balaban J connectivity index is 1.83. The van der Waals surface area contributed by atoms with Crippen molar-refractivity contribution in [3.8, 4) is 23.0 Å². The molecule has 34 heavy (non-hydrogen) atoms. The van der Waals surface area contributed by atoms with Crippen LogP contribution >= 0.6 is 11.3 Å². The fourth-order valence-corrected chi connectivity index (χ4v) is 4.82. The van der Waals surface area contributed by atoms with E-state index in [0.717, 1.165) is 15.8 Å². The van der Waals surface area contributed by atoms with Gasteiger partial charge in [0.1, 0.15) is 5.75 Å². The summed E-state index contributed by atoms with van der Waals surface area (Å²) in [5, 5.41) is 0.564. The molecular weight excluding hydrogens is 452 g/mol. The van der Waals surface area contributed by atoms with E-state index in [-0.39, 0.29) is 12.3 Å². The van der Waals surface area contributed by atoms with Crippen LogP contribution in [0.3, 0.4) is 0 Å². The third-order valence-corrected chi connectivity index (χ3v) is 6.45. The Morgan fingerprint density at radius 3 is 2.26 bits per heavy atom. The van der Waals surface area contributed by atoms with E-state index in [1.165, 1.54) is 18.4 Å². The third-order valence-electron chi connectivity index (χ3n) is 5.43. The van der Waals surface area contributed by atoms with Gasteiger partial charge < -0.3 is 18.9 Å². The molecule has 1 heterocycles. The number of anilines is 2. The largest absolute Gasteiger partial charge is 0.495 e. The van der Waals surface area contributed by atoms with Crippen molar-refractivity contribution in [2.75, 3.05) is 33.3 Å². The number of aryl methyl sites for hydroxylation is 1. The molecular formula is C26H26N2O5S. The van der Waals surface area contributed by atoms with E-state index in [9.17, 15) is 4.79 Å². The lowest BCUT2D eigenvalue weighted by atomic mass is 10.1. The molecule has 0 aliphatic heterocycles. The molecule has 4 aromatic rings. The van der Waals surface area contributed by atoms with E-state index < -0.39 is 0 Å². The highest BCUT2D eigenvalue weighted by Gasteiger charge is 2.27. The van der Waals surface area contributed by atoms with Gasteiger partial charge in [0.05, 0.1) is 50.8 Å². The summed E-state index contributed by atoms with van der Waals surface area (Å²) in [7, 11) is 6.23. The number of rotatable bonds is 8. The normalized spacial score (nSPS) is 10.7. The monoisotopic (exact) mass is 478 g/mol. The minimum Gasteiger partial charge on any atom is -0.495 e. The van der Waals surface area contributed by atoms with Crippen molar-refractivity contribution in [1.29, 1.82) is 0 Å². The van der Waals surface area contributed by atoms with Gasteiger partial charge in [-0.25, -0.2) is 4.98 Å². The van der Waals surface area contributed by atoms with Crippen molar-refractivity contribution >= 4 is 38.3 Å². The molecule has 0 atom stereocenters. The quantitative estimate of drug-likeness (QED) is 0.331. The molecule has 8 heteroatoms. The summed E-state index contributed by atoms with van der Waals surface area (Å²) in [5.74, 6) is 1.82. The molecule has 176 valence electrons. The Bertz CT molecular complexity index is 1300. The van der Waals surface area contributed by atoms with E-state index in [2.05, 4.69) is 0 Å². The number of amides is 1. The maximum Gasteiger partial charge on any atom is 0.238 e. The number of fused-ring (bicyclic) bond motifs is 1. The molecule has 0 bridgehead atoms. The van der Waals surface area contributed by atoms with Gasteiger partial charge in [0, 0.05) is 5.56 Å². The second-order valence-electron chi connectivity index (χ2n) is 7.54. The number of nitrogens with zero attached hydrogens (tertiary/aromatic N) is 2. The molecule has 3 aromatic carbocycles. The first kappa shape index (κ1) is 23.4. The fourth-order valence-electron chi connectivity index (χ4n) is 3.82. The number of thiazole rings is 1. The van der Waals surface area contributed by atoms with Crippen LogP contribution in [0, 0.1) is 6.92 Å². The first-order chi connectivity index (χ1) is 16.5. The molecule has 1 aromatic heterocycles. The first-order valence-corrected chi connectivity index (χ1v) is 11.4. The molecule has 0 saturated carbocycles. The van der Waals surface area contributed by atoms with Gasteiger partial charge in [-0.15, -0.1) is 0 Å². The van der Waals surface area contributed by atoms with Crippen LogP contribution in [0.1, 0.15) is 11.1 Å². The molecule has 0 spiro atoms. The summed E-state index contributed by atoms with van der Waals surface area (Å²) in [6.07, 6.45) is 0.0521. The Morgan fingerprint density at radius 2 is 1.59 bits per heavy atom. The smallest absolute Gasteiger partial charge is 0.238 e. The number of aromatic nitrogens is 1. The van der Waals surface area contributed by atoms with Gasteiger partial charge in [-0.1, -0.05) is 35.6 Å². The van der Waals surface area contributed by atoms with Crippen molar-refractivity contribution in [3.63, 3.8) is 0 Å². The predicted molar refractivity (Wildman–Crippen MR) is 134 cm³/mol. The number of carbonyl (C=O) groups is 1. The van der Waals surface area contributed by atoms with Gasteiger partial charge in [0.15, 0.2) is 16.6 Å². The summed E-state index contributed by atoms with van der Waals surface area (Å²) in [6, 6.07) is 17.1. The van der Waals surface area contributed by atoms with Crippen LogP contribution in [0.15, 0.2) is 54.6 Å². The highest BCUT2D eigenvalue weighted by molar-refractivity contribution is 7.22. The number of benzene rings is 3. The van der Waals surface area contributed by atoms with Crippen LogP contribution in [0.5, 0.6) is 23.0 Å². The van der Waals surface area contributed by atoms with Crippen LogP contribution in [0.4, 0.5) is 10.8 Å². The molecule has 0 fully saturated rings. The number of hydrogen-bond acceptors (Lipinski definition) is 7. The van der Waals surface area contributed by atoms with Crippen LogP contribution in [0.2, 0.25) is 0 Å². The predicted octanol–water partition coefficient (Wildman–Crippen LogP) is 5.55. The van der Waals surface area contributed by atoms with Crippen molar-refractivity contribution in [2.24, 2.45) is 0 Å². The minimum absolute atomic E-state index is 0.0521. The average molecular weight is 479 g/mol. The first-order valence-electron chi connectivity index (χ1n) is 10.6. The van der Waals surface area contributed by atoms with Crippen molar-refractivity contribution in [3.05, 3.63) is 65.7 Å². The summed E-state index contributed by atoms with van der Waals surface area (Å²) in [6.45, 7) is 1.97. The summed E-state index contributed by atoms with van der Waals surface area (Å²) in [4.78, 5) is 20.3. The Labute approximate surface area is 202 Å².